The molecule has 0 unspecified atom stereocenters. The minimum atomic E-state index is -1.03. The summed E-state index contributed by atoms with van der Waals surface area (Å²) in [5.41, 5.74) is 1.09. The molecule has 1 heterocycles. The van der Waals surface area contributed by atoms with Crippen LogP contribution in [-0.4, -0.2) is 60.2 Å². The summed E-state index contributed by atoms with van der Waals surface area (Å²) in [5, 5.41) is 2.53. The summed E-state index contributed by atoms with van der Waals surface area (Å²) >= 11 is 0. The summed E-state index contributed by atoms with van der Waals surface area (Å²) in [6.45, 7) is -0.395. The summed E-state index contributed by atoms with van der Waals surface area (Å²) in [4.78, 5) is 58.9. The highest BCUT2D eigenvalue weighted by atomic mass is 16.5. The summed E-state index contributed by atoms with van der Waals surface area (Å²) in [6, 6.07) is 5.54. The van der Waals surface area contributed by atoms with Crippen LogP contribution in [0.3, 0.4) is 0 Å². The Balaban J connectivity index is 1.90. The van der Waals surface area contributed by atoms with Crippen LogP contribution in [0, 0.1) is 0 Å². The second-order valence-electron chi connectivity index (χ2n) is 5.00. The van der Waals surface area contributed by atoms with Gasteiger partial charge in [-0.25, -0.2) is 14.5 Å². The number of hydrogen-bond acceptors (Lipinski definition) is 6. The first-order chi connectivity index (χ1) is 11.3. The van der Waals surface area contributed by atoms with Gasteiger partial charge < -0.3 is 10.1 Å². The third kappa shape index (κ3) is 3.40. The van der Waals surface area contributed by atoms with Crippen LogP contribution in [0.2, 0.25) is 0 Å². The van der Waals surface area contributed by atoms with E-state index >= 15 is 0 Å². The van der Waals surface area contributed by atoms with Crippen molar-refractivity contribution < 1.29 is 28.7 Å². The molecule has 9 nitrogen and oxygen atoms in total. The van der Waals surface area contributed by atoms with Crippen molar-refractivity contribution in [2.75, 3.05) is 20.7 Å². The smallest absolute Gasteiger partial charge is 0.337 e. The number of amides is 5. The Labute approximate surface area is 137 Å². The van der Waals surface area contributed by atoms with Gasteiger partial charge >= 0.3 is 23.8 Å². The Hall–Kier alpha value is -3.23. The Morgan fingerprint density at radius 1 is 1.08 bits per heavy atom. The van der Waals surface area contributed by atoms with Crippen LogP contribution in [0.4, 0.5) is 4.79 Å². The lowest BCUT2D eigenvalue weighted by atomic mass is 10.1. The van der Waals surface area contributed by atoms with Crippen LogP contribution in [0.5, 0.6) is 0 Å². The van der Waals surface area contributed by atoms with E-state index in [1.807, 2.05) is 0 Å². The average Bonchev–Trinajstić information content (AvgIpc) is 2.77. The van der Waals surface area contributed by atoms with Gasteiger partial charge in [-0.3, -0.25) is 19.3 Å². The number of methoxy groups -OCH3 is 1. The fourth-order valence-corrected chi connectivity index (χ4v) is 2.03. The predicted octanol–water partition coefficient (Wildman–Crippen LogP) is -0.490. The van der Waals surface area contributed by atoms with Gasteiger partial charge in [0.05, 0.1) is 12.7 Å². The molecule has 126 valence electrons. The van der Waals surface area contributed by atoms with Gasteiger partial charge in [-0.05, 0) is 17.7 Å². The first kappa shape index (κ1) is 17.1. The van der Waals surface area contributed by atoms with Crippen LogP contribution < -0.4 is 5.32 Å². The third-order valence-corrected chi connectivity index (χ3v) is 3.42. The number of esters is 1. The molecule has 0 spiro atoms. The SMILES string of the molecule is COC(=O)c1ccc(CNC(=O)CN2C(=O)C(=O)N(C)C2=O)cc1. The predicted molar refractivity (Wildman–Crippen MR) is 79.5 cm³/mol. The minimum absolute atomic E-state index is 0.139. The van der Waals surface area contributed by atoms with Crippen LogP contribution in [0.1, 0.15) is 15.9 Å². The lowest BCUT2D eigenvalue weighted by Gasteiger charge is -2.12. The summed E-state index contributed by atoms with van der Waals surface area (Å²) in [6.07, 6.45) is 0. The second-order valence-corrected chi connectivity index (χ2v) is 5.00. The first-order valence-corrected chi connectivity index (χ1v) is 6.92. The normalized spacial score (nSPS) is 14.2. The van der Waals surface area contributed by atoms with Crippen molar-refractivity contribution in [1.29, 1.82) is 0 Å². The molecule has 0 bridgehead atoms. The fraction of sp³-hybridized carbons (Fsp3) is 0.267. The fourth-order valence-electron chi connectivity index (χ4n) is 2.03. The molecule has 2 rings (SSSR count). The van der Waals surface area contributed by atoms with Gasteiger partial charge in [-0.1, -0.05) is 12.1 Å². The van der Waals surface area contributed by atoms with Gasteiger partial charge in [0.15, 0.2) is 0 Å². The Morgan fingerprint density at radius 3 is 2.21 bits per heavy atom. The molecule has 1 aliphatic rings. The van der Waals surface area contributed by atoms with E-state index in [-0.39, 0.29) is 6.54 Å². The van der Waals surface area contributed by atoms with E-state index in [0.29, 0.717) is 20.9 Å². The van der Waals surface area contributed by atoms with Crippen LogP contribution >= 0.6 is 0 Å². The maximum atomic E-state index is 11.8. The zero-order chi connectivity index (χ0) is 17.9. The van der Waals surface area contributed by atoms with Crippen molar-refractivity contribution in [2.45, 2.75) is 6.54 Å². The molecule has 5 amide bonds. The average molecular weight is 333 g/mol. The molecule has 24 heavy (non-hydrogen) atoms. The number of nitrogens with one attached hydrogen (secondary N) is 1. The number of rotatable bonds is 5. The number of carbonyl (C=O) groups is 5. The molecule has 0 radical (unpaired) electrons. The molecule has 1 saturated heterocycles. The number of carbonyl (C=O) groups excluding carboxylic acids is 5. The van der Waals surface area contributed by atoms with Crippen LogP contribution in [0.15, 0.2) is 24.3 Å². The van der Waals surface area contributed by atoms with Gasteiger partial charge in [0.2, 0.25) is 5.91 Å². The molecule has 1 aromatic carbocycles. The van der Waals surface area contributed by atoms with Crippen LogP contribution in [0.25, 0.3) is 0 Å². The van der Waals surface area contributed by atoms with E-state index in [2.05, 4.69) is 10.1 Å². The van der Waals surface area contributed by atoms with Gasteiger partial charge in [0, 0.05) is 13.6 Å². The monoisotopic (exact) mass is 333 g/mol. The highest BCUT2D eigenvalue weighted by Crippen LogP contribution is 2.09. The number of ether oxygens (including phenoxy) is 1. The summed E-state index contributed by atoms with van der Waals surface area (Å²) in [7, 11) is 2.45. The molecule has 0 aliphatic carbocycles. The number of urea groups is 1. The standard InChI is InChI=1S/C15H15N3O6/c1-17-12(20)13(21)18(15(17)23)8-11(19)16-7-9-3-5-10(6-4-9)14(22)24-2/h3-6H,7-8H2,1-2H3,(H,16,19). The molecule has 0 aromatic heterocycles. The number of benzene rings is 1. The van der Waals surface area contributed by atoms with E-state index in [0.717, 1.165) is 0 Å². The van der Waals surface area contributed by atoms with Crippen molar-refractivity contribution in [3.8, 4) is 0 Å². The van der Waals surface area contributed by atoms with Crippen molar-refractivity contribution in [1.82, 2.24) is 15.1 Å². The number of likely N-dealkylation sites (N-methyl/N-ethyl adjacent to an activating group) is 1. The van der Waals surface area contributed by atoms with Crippen molar-refractivity contribution in [2.24, 2.45) is 0 Å². The molecule has 1 aromatic rings. The zero-order valence-electron chi connectivity index (χ0n) is 13.1. The van der Waals surface area contributed by atoms with E-state index in [1.54, 1.807) is 24.3 Å². The van der Waals surface area contributed by atoms with Gasteiger partial charge in [-0.15, -0.1) is 0 Å². The van der Waals surface area contributed by atoms with E-state index in [1.165, 1.54) is 14.2 Å². The highest BCUT2D eigenvalue weighted by Gasteiger charge is 2.42. The molecule has 0 atom stereocenters. The van der Waals surface area contributed by atoms with Crippen LogP contribution in [-0.2, 0) is 25.7 Å². The van der Waals surface area contributed by atoms with Gasteiger partial charge in [-0.2, -0.15) is 0 Å². The minimum Gasteiger partial charge on any atom is -0.465 e. The van der Waals surface area contributed by atoms with Crippen molar-refractivity contribution in [3.05, 3.63) is 35.4 Å². The van der Waals surface area contributed by atoms with Gasteiger partial charge in [0.25, 0.3) is 0 Å². The molecule has 0 saturated carbocycles. The Bertz CT molecular complexity index is 712. The zero-order valence-corrected chi connectivity index (χ0v) is 13.1. The van der Waals surface area contributed by atoms with E-state index in [4.69, 9.17) is 0 Å². The maximum absolute atomic E-state index is 11.8. The molecular weight excluding hydrogens is 318 g/mol. The highest BCUT2D eigenvalue weighted by molar-refractivity contribution is 6.44. The van der Waals surface area contributed by atoms with Crippen molar-refractivity contribution >= 4 is 29.7 Å². The number of hydrogen-bond donors (Lipinski definition) is 1. The number of nitrogens with zero attached hydrogens (tertiary/aromatic N) is 2. The number of imide groups is 2. The molecule has 1 aliphatic heterocycles. The summed E-state index contributed by atoms with van der Waals surface area (Å²) < 4.78 is 4.58. The molecule has 9 heteroatoms. The third-order valence-electron chi connectivity index (χ3n) is 3.42. The quantitative estimate of drug-likeness (QED) is 0.442. The molecule has 1 N–H and O–H groups in total. The first-order valence-electron chi connectivity index (χ1n) is 6.92. The lowest BCUT2D eigenvalue weighted by molar-refractivity contribution is -0.143. The van der Waals surface area contributed by atoms with E-state index in [9.17, 15) is 24.0 Å². The second kappa shape index (κ2) is 6.90. The Kier molecular flexibility index (Phi) is 4.93. The van der Waals surface area contributed by atoms with E-state index < -0.39 is 36.3 Å². The van der Waals surface area contributed by atoms with Crippen molar-refractivity contribution in [3.63, 3.8) is 0 Å². The summed E-state index contributed by atoms with van der Waals surface area (Å²) in [5.74, 6) is -3.05. The maximum Gasteiger partial charge on any atom is 0.337 e. The Morgan fingerprint density at radius 2 is 1.71 bits per heavy atom. The largest absolute Gasteiger partial charge is 0.465 e. The molecular formula is C15H15N3O6. The lowest BCUT2D eigenvalue weighted by Crippen LogP contribution is -2.40. The molecule has 1 fully saturated rings. The van der Waals surface area contributed by atoms with Gasteiger partial charge in [0.1, 0.15) is 6.54 Å². The topological polar surface area (TPSA) is 113 Å².